The van der Waals surface area contributed by atoms with Crippen molar-refractivity contribution < 1.29 is 0 Å². The molecule has 2 fully saturated rings. The third-order valence-electron chi connectivity index (χ3n) is 6.24. The lowest BCUT2D eigenvalue weighted by molar-refractivity contribution is 0.188. The van der Waals surface area contributed by atoms with Gasteiger partial charge in [-0.1, -0.05) is 37.3 Å². The zero-order valence-corrected chi connectivity index (χ0v) is 17.4. The summed E-state index contributed by atoms with van der Waals surface area (Å²) in [5.74, 6) is 2.75. The molecule has 2 saturated heterocycles. The van der Waals surface area contributed by atoms with E-state index in [0.29, 0.717) is 0 Å². The molecule has 0 saturated carbocycles. The van der Waals surface area contributed by atoms with Crippen LogP contribution < -0.4 is 5.32 Å². The molecule has 27 heavy (non-hydrogen) atoms. The molecule has 0 aromatic heterocycles. The van der Waals surface area contributed by atoms with E-state index < -0.39 is 0 Å². The molecule has 0 bridgehead atoms. The Morgan fingerprint density at radius 3 is 2.48 bits per heavy atom. The highest BCUT2D eigenvalue weighted by atomic mass is 15.3. The van der Waals surface area contributed by atoms with E-state index in [1.165, 1.54) is 57.3 Å². The average molecular weight is 371 g/mol. The summed E-state index contributed by atoms with van der Waals surface area (Å²) in [4.78, 5) is 10.0. The van der Waals surface area contributed by atoms with Crippen LogP contribution in [0.1, 0.15) is 45.1 Å². The van der Waals surface area contributed by atoms with Gasteiger partial charge < -0.3 is 15.1 Å². The van der Waals surface area contributed by atoms with Crippen molar-refractivity contribution >= 4 is 5.96 Å². The summed E-state index contributed by atoms with van der Waals surface area (Å²) in [6.07, 6.45) is 6.40. The normalized spacial score (nSPS) is 22.4. The monoisotopic (exact) mass is 370 g/mol. The van der Waals surface area contributed by atoms with E-state index in [1.54, 1.807) is 0 Å². The zero-order chi connectivity index (χ0) is 18.9. The number of aliphatic imine (C=N–C) groups is 1. The van der Waals surface area contributed by atoms with Gasteiger partial charge in [0.05, 0.1) is 0 Å². The molecule has 150 valence electrons. The van der Waals surface area contributed by atoms with Crippen LogP contribution in [0.3, 0.4) is 0 Å². The topological polar surface area (TPSA) is 30.9 Å². The van der Waals surface area contributed by atoms with Crippen LogP contribution in [0.4, 0.5) is 0 Å². The van der Waals surface area contributed by atoms with Crippen molar-refractivity contribution in [3.05, 3.63) is 35.9 Å². The van der Waals surface area contributed by atoms with Gasteiger partial charge in [-0.15, -0.1) is 0 Å². The molecule has 0 spiro atoms. The predicted molar refractivity (Wildman–Crippen MR) is 115 cm³/mol. The summed E-state index contributed by atoms with van der Waals surface area (Å²) in [6.45, 7) is 12.4. The molecule has 2 aliphatic rings. The standard InChI is InChI=1S/C23H38N4/c1-3-24-23(25-14-10-20-11-15-26(4-2)16-12-20)27-17-13-22(19-27)18-21-8-6-5-7-9-21/h5-9,20,22H,3-4,10-19H2,1-2H3,(H,24,25). The average Bonchev–Trinajstić information content (AvgIpc) is 3.17. The van der Waals surface area contributed by atoms with Gasteiger partial charge in [0, 0.05) is 26.2 Å². The molecule has 0 amide bonds. The second-order valence-electron chi connectivity index (χ2n) is 8.19. The van der Waals surface area contributed by atoms with Gasteiger partial charge in [0.1, 0.15) is 0 Å². The molecule has 0 aliphatic carbocycles. The van der Waals surface area contributed by atoms with Crippen molar-refractivity contribution in [2.45, 2.75) is 46.0 Å². The fourth-order valence-corrected chi connectivity index (χ4v) is 4.51. The highest BCUT2D eigenvalue weighted by Crippen LogP contribution is 2.22. The fourth-order valence-electron chi connectivity index (χ4n) is 4.51. The minimum atomic E-state index is 0.745. The fraction of sp³-hybridized carbons (Fsp3) is 0.696. The highest BCUT2D eigenvalue weighted by Gasteiger charge is 2.25. The summed E-state index contributed by atoms with van der Waals surface area (Å²) in [5.41, 5.74) is 1.46. The molecule has 1 unspecified atom stereocenters. The van der Waals surface area contributed by atoms with Crippen LogP contribution in [0.15, 0.2) is 35.3 Å². The Bertz CT molecular complexity index is 563. The highest BCUT2D eigenvalue weighted by molar-refractivity contribution is 5.80. The largest absolute Gasteiger partial charge is 0.357 e. The Kier molecular flexibility index (Phi) is 8.00. The molecular weight excluding hydrogens is 332 g/mol. The van der Waals surface area contributed by atoms with E-state index in [0.717, 1.165) is 44.0 Å². The number of guanidine groups is 1. The van der Waals surface area contributed by atoms with Crippen LogP contribution in [-0.2, 0) is 6.42 Å². The van der Waals surface area contributed by atoms with Gasteiger partial charge in [-0.3, -0.25) is 4.99 Å². The first-order valence-electron chi connectivity index (χ1n) is 11.1. The second kappa shape index (κ2) is 10.7. The van der Waals surface area contributed by atoms with Gasteiger partial charge in [-0.25, -0.2) is 0 Å². The molecule has 1 atom stereocenters. The minimum absolute atomic E-state index is 0.745. The lowest BCUT2D eigenvalue weighted by Gasteiger charge is -2.30. The van der Waals surface area contributed by atoms with Crippen molar-refractivity contribution in [1.29, 1.82) is 0 Å². The molecule has 0 radical (unpaired) electrons. The summed E-state index contributed by atoms with van der Waals surface area (Å²) in [6, 6.07) is 10.9. The third kappa shape index (κ3) is 6.24. The maximum Gasteiger partial charge on any atom is 0.193 e. The molecule has 2 aliphatic heterocycles. The van der Waals surface area contributed by atoms with Crippen molar-refractivity contribution in [2.24, 2.45) is 16.8 Å². The molecule has 4 nitrogen and oxygen atoms in total. The van der Waals surface area contributed by atoms with Crippen LogP contribution in [0, 0.1) is 11.8 Å². The Morgan fingerprint density at radius 2 is 1.78 bits per heavy atom. The smallest absolute Gasteiger partial charge is 0.193 e. The van der Waals surface area contributed by atoms with E-state index in [1.807, 2.05) is 0 Å². The number of rotatable bonds is 7. The maximum atomic E-state index is 4.99. The summed E-state index contributed by atoms with van der Waals surface area (Å²) in [7, 11) is 0. The first-order chi connectivity index (χ1) is 13.3. The van der Waals surface area contributed by atoms with Crippen molar-refractivity contribution in [3.63, 3.8) is 0 Å². The quantitative estimate of drug-likeness (QED) is 0.587. The van der Waals surface area contributed by atoms with E-state index in [9.17, 15) is 0 Å². The van der Waals surface area contributed by atoms with Crippen LogP contribution >= 0.6 is 0 Å². The number of likely N-dealkylation sites (tertiary alicyclic amines) is 2. The number of benzene rings is 1. The van der Waals surface area contributed by atoms with Gasteiger partial charge in [-0.05, 0) is 76.1 Å². The van der Waals surface area contributed by atoms with Gasteiger partial charge in [0.15, 0.2) is 5.96 Å². The van der Waals surface area contributed by atoms with Gasteiger partial charge >= 0.3 is 0 Å². The molecular formula is C23H38N4. The number of piperidine rings is 1. The molecule has 2 heterocycles. The van der Waals surface area contributed by atoms with Crippen molar-refractivity contribution in [3.8, 4) is 0 Å². The lowest BCUT2D eigenvalue weighted by Crippen LogP contribution is -2.40. The van der Waals surface area contributed by atoms with E-state index >= 15 is 0 Å². The Balaban J connectivity index is 1.46. The van der Waals surface area contributed by atoms with Crippen LogP contribution in [-0.4, -0.2) is 61.6 Å². The van der Waals surface area contributed by atoms with Gasteiger partial charge in [0.25, 0.3) is 0 Å². The van der Waals surface area contributed by atoms with Crippen LogP contribution in [0.25, 0.3) is 0 Å². The van der Waals surface area contributed by atoms with Gasteiger partial charge in [0.2, 0.25) is 0 Å². The van der Waals surface area contributed by atoms with Crippen molar-refractivity contribution in [1.82, 2.24) is 15.1 Å². The van der Waals surface area contributed by atoms with Gasteiger partial charge in [-0.2, -0.15) is 0 Å². The molecule has 1 aromatic rings. The first kappa shape index (κ1) is 20.2. The summed E-state index contributed by atoms with van der Waals surface area (Å²) < 4.78 is 0. The summed E-state index contributed by atoms with van der Waals surface area (Å²) in [5, 5.41) is 3.53. The number of hydrogen-bond donors (Lipinski definition) is 1. The maximum absolute atomic E-state index is 4.99. The Labute approximate surface area is 166 Å². The Hall–Kier alpha value is -1.55. The molecule has 1 aromatic carbocycles. The lowest BCUT2D eigenvalue weighted by atomic mass is 9.94. The molecule has 1 N–H and O–H groups in total. The van der Waals surface area contributed by atoms with Crippen molar-refractivity contribution in [2.75, 3.05) is 45.8 Å². The molecule has 3 rings (SSSR count). The first-order valence-corrected chi connectivity index (χ1v) is 11.1. The van der Waals surface area contributed by atoms with Crippen LogP contribution in [0.5, 0.6) is 0 Å². The zero-order valence-electron chi connectivity index (χ0n) is 17.4. The predicted octanol–water partition coefficient (Wildman–Crippen LogP) is 3.64. The second-order valence-corrected chi connectivity index (χ2v) is 8.19. The number of nitrogens with zero attached hydrogens (tertiary/aromatic N) is 3. The third-order valence-corrected chi connectivity index (χ3v) is 6.24. The SMILES string of the molecule is CCNC(=NCCC1CCN(CC)CC1)N1CCC(Cc2ccccc2)C1. The molecule has 4 heteroatoms. The Morgan fingerprint density at radius 1 is 1.04 bits per heavy atom. The van der Waals surface area contributed by atoms with E-state index in [2.05, 4.69) is 59.3 Å². The van der Waals surface area contributed by atoms with Crippen LogP contribution in [0.2, 0.25) is 0 Å². The number of nitrogens with one attached hydrogen (secondary N) is 1. The minimum Gasteiger partial charge on any atom is -0.357 e. The van der Waals surface area contributed by atoms with E-state index in [-0.39, 0.29) is 0 Å². The summed E-state index contributed by atoms with van der Waals surface area (Å²) >= 11 is 0. The number of hydrogen-bond acceptors (Lipinski definition) is 2. The van der Waals surface area contributed by atoms with E-state index in [4.69, 9.17) is 4.99 Å².